The molecule has 1 atom stereocenters. The number of hydrogen-bond acceptors (Lipinski definition) is 3. The van der Waals surface area contributed by atoms with E-state index in [1.165, 1.54) is 0 Å². The van der Waals surface area contributed by atoms with Crippen LogP contribution in [0.15, 0.2) is 91.1 Å². The molecule has 3 N–H and O–H groups in total. The fourth-order valence-corrected chi connectivity index (χ4v) is 4.30. The summed E-state index contributed by atoms with van der Waals surface area (Å²) in [6.45, 7) is 5.79. The molecule has 4 aromatic rings. The van der Waals surface area contributed by atoms with Gasteiger partial charge in [0.15, 0.2) is 0 Å². The second-order valence-electron chi connectivity index (χ2n) is 9.88. The normalized spacial score (nSPS) is 12.3. The first kappa shape index (κ1) is 25.0. The van der Waals surface area contributed by atoms with Crippen LogP contribution in [0.3, 0.4) is 0 Å². The molecule has 0 saturated carbocycles. The maximum atomic E-state index is 13.5. The van der Waals surface area contributed by atoms with Crippen molar-refractivity contribution >= 4 is 22.9 Å². The van der Waals surface area contributed by atoms with Crippen LogP contribution in [-0.4, -0.2) is 35.2 Å². The maximum absolute atomic E-state index is 13.5. The summed E-state index contributed by atoms with van der Waals surface area (Å²) in [5.41, 5.74) is 3.48. The number of carbonyl (C=O) groups excluding carboxylic acids is 2. The van der Waals surface area contributed by atoms with Crippen LogP contribution in [0.2, 0.25) is 0 Å². The minimum atomic E-state index is -0.800. The average molecular weight is 484 g/mol. The Bertz CT molecular complexity index is 1250. The Kier molecular flexibility index (Phi) is 7.74. The quantitative estimate of drug-likeness (QED) is 0.307. The predicted octanol–water partition coefficient (Wildman–Crippen LogP) is 5.55. The Hall–Kier alpha value is -4.06. The van der Waals surface area contributed by atoms with Crippen molar-refractivity contribution in [2.45, 2.75) is 44.8 Å². The van der Waals surface area contributed by atoms with Crippen LogP contribution < -0.4 is 10.6 Å². The predicted molar refractivity (Wildman–Crippen MR) is 143 cm³/mol. The number of fused-ring (bicyclic) bond motifs is 1. The number of hydrogen-bond donors (Lipinski definition) is 3. The van der Waals surface area contributed by atoms with E-state index < -0.39 is 17.7 Å². The first-order valence-corrected chi connectivity index (χ1v) is 12.2. The Balaban J connectivity index is 1.54. The topological polar surface area (TPSA) is 83.2 Å². The zero-order chi connectivity index (χ0) is 25.5. The molecule has 0 radical (unpaired) electrons. The molecule has 1 heterocycles. The third-order valence-electron chi connectivity index (χ3n) is 5.99. The van der Waals surface area contributed by atoms with Crippen LogP contribution in [0, 0.1) is 0 Å². The van der Waals surface area contributed by atoms with E-state index in [0.29, 0.717) is 13.0 Å². The third-order valence-corrected chi connectivity index (χ3v) is 5.99. The maximum Gasteiger partial charge on any atom is 0.408 e. The fraction of sp³-hybridized carbons (Fsp3) is 0.267. The van der Waals surface area contributed by atoms with Gasteiger partial charge in [0.05, 0.1) is 0 Å². The van der Waals surface area contributed by atoms with Crippen LogP contribution in [0.5, 0.6) is 0 Å². The van der Waals surface area contributed by atoms with E-state index in [0.717, 1.165) is 27.6 Å². The van der Waals surface area contributed by atoms with Crippen molar-refractivity contribution in [1.82, 2.24) is 15.6 Å². The number of aromatic nitrogens is 1. The molecule has 0 saturated heterocycles. The summed E-state index contributed by atoms with van der Waals surface area (Å²) in [5, 5.41) is 6.90. The zero-order valence-electron chi connectivity index (χ0n) is 21.0. The summed E-state index contributed by atoms with van der Waals surface area (Å²) in [4.78, 5) is 29.3. The summed E-state index contributed by atoms with van der Waals surface area (Å²) in [6.07, 6.45) is 1.60. The standard InChI is InChI=1S/C30H33N3O3/c1-30(2,3)36-29(35)33-27(18-23-19-31-26-17-11-10-16-24(23)26)28(34)32-20-25(21-12-6-4-7-13-21)22-14-8-5-9-15-22/h4-17,19,25,27,31H,18,20H2,1-3H3,(H,32,34)(H,33,35)/t27-/m1/s1. The molecule has 0 aliphatic rings. The Labute approximate surface area is 212 Å². The van der Waals surface area contributed by atoms with Gasteiger partial charge in [-0.15, -0.1) is 0 Å². The highest BCUT2D eigenvalue weighted by Crippen LogP contribution is 2.24. The van der Waals surface area contributed by atoms with E-state index in [2.05, 4.69) is 39.9 Å². The molecule has 4 rings (SSSR count). The van der Waals surface area contributed by atoms with E-state index in [1.807, 2.05) is 66.9 Å². The molecule has 0 aliphatic heterocycles. The highest BCUT2D eigenvalue weighted by atomic mass is 16.6. The van der Waals surface area contributed by atoms with E-state index in [4.69, 9.17) is 4.74 Å². The number of ether oxygens (including phenoxy) is 1. The van der Waals surface area contributed by atoms with Crippen molar-refractivity contribution in [2.24, 2.45) is 0 Å². The average Bonchev–Trinajstić information content (AvgIpc) is 3.27. The molecule has 3 aromatic carbocycles. The van der Waals surface area contributed by atoms with Crippen LogP contribution in [-0.2, 0) is 16.0 Å². The van der Waals surface area contributed by atoms with Gasteiger partial charge in [-0.1, -0.05) is 78.9 Å². The number of nitrogens with one attached hydrogen (secondary N) is 3. The first-order chi connectivity index (χ1) is 17.3. The van der Waals surface area contributed by atoms with Gasteiger partial charge in [-0.05, 0) is 43.5 Å². The lowest BCUT2D eigenvalue weighted by molar-refractivity contribution is -0.123. The summed E-state index contributed by atoms with van der Waals surface area (Å²) < 4.78 is 5.45. The van der Waals surface area contributed by atoms with Gasteiger partial charge in [0.1, 0.15) is 11.6 Å². The summed E-state index contributed by atoms with van der Waals surface area (Å²) in [7, 11) is 0. The highest BCUT2D eigenvalue weighted by molar-refractivity contribution is 5.88. The van der Waals surface area contributed by atoms with E-state index in [1.54, 1.807) is 20.8 Å². The fourth-order valence-electron chi connectivity index (χ4n) is 4.30. The van der Waals surface area contributed by atoms with Crippen LogP contribution in [0.1, 0.15) is 43.4 Å². The number of amides is 2. The van der Waals surface area contributed by atoms with Crippen molar-refractivity contribution in [1.29, 1.82) is 0 Å². The molecule has 1 aromatic heterocycles. The number of para-hydroxylation sites is 1. The third kappa shape index (κ3) is 6.54. The molecular weight excluding hydrogens is 450 g/mol. The molecule has 0 fully saturated rings. The Morgan fingerprint density at radius 3 is 2.06 bits per heavy atom. The molecule has 0 unspecified atom stereocenters. The number of alkyl carbamates (subject to hydrolysis) is 1. The minimum absolute atomic E-state index is 0.0217. The van der Waals surface area contributed by atoms with Crippen molar-refractivity contribution in [3.63, 3.8) is 0 Å². The Morgan fingerprint density at radius 1 is 0.861 bits per heavy atom. The summed E-state index contributed by atoms with van der Waals surface area (Å²) >= 11 is 0. The number of aromatic amines is 1. The van der Waals surface area contributed by atoms with Gasteiger partial charge < -0.3 is 20.4 Å². The van der Waals surface area contributed by atoms with Gasteiger partial charge in [0.25, 0.3) is 0 Å². The van der Waals surface area contributed by atoms with E-state index in [9.17, 15) is 9.59 Å². The number of rotatable bonds is 8. The minimum Gasteiger partial charge on any atom is -0.444 e. The van der Waals surface area contributed by atoms with Crippen LogP contribution in [0.4, 0.5) is 4.79 Å². The highest BCUT2D eigenvalue weighted by Gasteiger charge is 2.26. The molecule has 36 heavy (non-hydrogen) atoms. The SMILES string of the molecule is CC(C)(C)OC(=O)N[C@H](Cc1c[nH]c2ccccc12)C(=O)NCC(c1ccccc1)c1ccccc1. The summed E-state index contributed by atoms with van der Waals surface area (Å²) in [5.74, 6) is -0.283. The van der Waals surface area contributed by atoms with Crippen molar-refractivity contribution in [3.8, 4) is 0 Å². The second-order valence-corrected chi connectivity index (χ2v) is 9.88. The number of carbonyl (C=O) groups is 2. The van der Waals surface area contributed by atoms with Crippen LogP contribution in [0.25, 0.3) is 10.9 Å². The van der Waals surface area contributed by atoms with E-state index >= 15 is 0 Å². The largest absolute Gasteiger partial charge is 0.444 e. The van der Waals surface area contributed by atoms with Gasteiger partial charge in [-0.3, -0.25) is 4.79 Å². The lowest BCUT2D eigenvalue weighted by Crippen LogP contribution is -2.50. The monoisotopic (exact) mass is 483 g/mol. The first-order valence-electron chi connectivity index (χ1n) is 12.2. The van der Waals surface area contributed by atoms with Gasteiger partial charge in [0, 0.05) is 36.0 Å². The number of benzene rings is 3. The molecular formula is C30H33N3O3. The molecule has 186 valence electrons. The van der Waals surface area contributed by atoms with Gasteiger partial charge in [-0.2, -0.15) is 0 Å². The molecule has 0 aliphatic carbocycles. The van der Waals surface area contributed by atoms with Crippen molar-refractivity contribution < 1.29 is 14.3 Å². The molecule has 2 amide bonds. The molecule has 0 spiro atoms. The number of H-pyrrole nitrogens is 1. The molecule has 0 bridgehead atoms. The zero-order valence-corrected chi connectivity index (χ0v) is 21.0. The van der Waals surface area contributed by atoms with Crippen molar-refractivity contribution in [3.05, 3.63) is 108 Å². The Morgan fingerprint density at radius 2 is 1.44 bits per heavy atom. The lowest BCUT2D eigenvalue weighted by Gasteiger charge is -2.24. The molecule has 6 nitrogen and oxygen atoms in total. The van der Waals surface area contributed by atoms with Gasteiger partial charge >= 0.3 is 6.09 Å². The summed E-state index contributed by atoms with van der Waals surface area (Å²) in [6, 6.07) is 27.3. The van der Waals surface area contributed by atoms with E-state index in [-0.39, 0.29) is 11.8 Å². The van der Waals surface area contributed by atoms with Gasteiger partial charge in [-0.25, -0.2) is 4.79 Å². The second kappa shape index (κ2) is 11.1. The lowest BCUT2D eigenvalue weighted by atomic mass is 9.91. The van der Waals surface area contributed by atoms with Crippen LogP contribution >= 0.6 is 0 Å². The smallest absolute Gasteiger partial charge is 0.408 e. The molecule has 6 heteroatoms. The van der Waals surface area contributed by atoms with Crippen molar-refractivity contribution in [2.75, 3.05) is 6.54 Å². The van der Waals surface area contributed by atoms with Gasteiger partial charge in [0.2, 0.25) is 5.91 Å².